The van der Waals surface area contributed by atoms with E-state index in [1.54, 1.807) is 12.1 Å². The topological polar surface area (TPSA) is 63.4 Å². The van der Waals surface area contributed by atoms with Gasteiger partial charge in [-0.15, -0.1) is 0 Å². The average molecular weight is 282 g/mol. The van der Waals surface area contributed by atoms with Crippen molar-refractivity contribution in [3.63, 3.8) is 0 Å². The minimum absolute atomic E-state index is 0.332. The van der Waals surface area contributed by atoms with Crippen LogP contribution in [0.3, 0.4) is 0 Å². The molecule has 5 heteroatoms. The first kappa shape index (κ1) is 14.5. The molecule has 1 aromatic rings. The molecular weight excluding hydrogens is 260 g/mol. The molecule has 0 radical (unpaired) electrons. The van der Waals surface area contributed by atoms with Crippen LogP contribution in [-0.2, 0) is 10.0 Å². The van der Waals surface area contributed by atoms with Crippen molar-refractivity contribution in [2.24, 2.45) is 5.73 Å². The van der Waals surface area contributed by atoms with Crippen molar-refractivity contribution in [2.45, 2.75) is 44.0 Å². The summed E-state index contributed by atoms with van der Waals surface area (Å²) in [6, 6.07) is 5.26. The molecule has 0 bridgehead atoms. The largest absolute Gasteiger partial charge is 0.323 e. The molecule has 1 aliphatic heterocycles. The van der Waals surface area contributed by atoms with E-state index in [0.717, 1.165) is 24.0 Å². The number of nitrogens with two attached hydrogens (primary N) is 1. The van der Waals surface area contributed by atoms with E-state index in [1.807, 2.05) is 19.9 Å². The molecule has 2 rings (SSSR count). The van der Waals surface area contributed by atoms with Crippen LogP contribution in [0, 0.1) is 13.8 Å². The van der Waals surface area contributed by atoms with Gasteiger partial charge in [-0.2, -0.15) is 4.31 Å². The summed E-state index contributed by atoms with van der Waals surface area (Å²) in [4.78, 5) is 0.370. The third-order valence-corrected chi connectivity index (χ3v) is 5.63. The Balaban J connectivity index is 2.19. The lowest BCUT2D eigenvalue weighted by atomic mass is 9.89. The molecule has 0 aliphatic carbocycles. The third kappa shape index (κ3) is 2.68. The van der Waals surface area contributed by atoms with Gasteiger partial charge in [0.15, 0.2) is 0 Å². The van der Waals surface area contributed by atoms with Crippen LogP contribution in [0.1, 0.15) is 30.9 Å². The quantitative estimate of drug-likeness (QED) is 0.916. The standard InChI is InChI=1S/C14H22N2O2S/c1-4-7-14(15)9-16(10-14)19(17,18)13-6-5-11(2)12(3)8-13/h5-6,8H,4,7,9-10,15H2,1-3H3. The first-order valence-electron chi connectivity index (χ1n) is 6.65. The lowest BCUT2D eigenvalue weighted by molar-refractivity contribution is 0.147. The number of benzene rings is 1. The van der Waals surface area contributed by atoms with Gasteiger partial charge in [0.25, 0.3) is 0 Å². The summed E-state index contributed by atoms with van der Waals surface area (Å²) in [7, 11) is -3.38. The Morgan fingerprint density at radius 2 is 1.89 bits per heavy atom. The minimum atomic E-state index is -3.38. The molecular formula is C14H22N2O2S. The molecule has 1 aromatic carbocycles. The molecule has 106 valence electrons. The molecule has 0 amide bonds. The van der Waals surface area contributed by atoms with Crippen molar-refractivity contribution in [1.29, 1.82) is 0 Å². The van der Waals surface area contributed by atoms with E-state index >= 15 is 0 Å². The predicted molar refractivity (Wildman–Crippen MR) is 76.5 cm³/mol. The fourth-order valence-electron chi connectivity index (χ4n) is 2.51. The maximum absolute atomic E-state index is 12.4. The number of nitrogens with zero attached hydrogens (tertiary/aromatic N) is 1. The van der Waals surface area contributed by atoms with Crippen LogP contribution in [0.15, 0.2) is 23.1 Å². The van der Waals surface area contributed by atoms with Crippen LogP contribution >= 0.6 is 0 Å². The molecule has 0 saturated carbocycles. The highest BCUT2D eigenvalue weighted by molar-refractivity contribution is 7.89. The van der Waals surface area contributed by atoms with E-state index in [-0.39, 0.29) is 5.54 Å². The zero-order chi connectivity index (χ0) is 14.3. The van der Waals surface area contributed by atoms with Crippen LogP contribution in [0.4, 0.5) is 0 Å². The second-order valence-corrected chi connectivity index (χ2v) is 7.57. The van der Waals surface area contributed by atoms with Crippen molar-refractivity contribution >= 4 is 10.0 Å². The van der Waals surface area contributed by atoms with Crippen LogP contribution in [0.2, 0.25) is 0 Å². The van der Waals surface area contributed by atoms with Gasteiger partial charge >= 0.3 is 0 Å². The van der Waals surface area contributed by atoms with E-state index in [2.05, 4.69) is 6.92 Å². The van der Waals surface area contributed by atoms with Crippen molar-refractivity contribution in [3.05, 3.63) is 29.3 Å². The highest BCUT2D eigenvalue weighted by Gasteiger charge is 2.45. The van der Waals surface area contributed by atoms with Crippen molar-refractivity contribution in [1.82, 2.24) is 4.31 Å². The molecule has 2 N–H and O–H groups in total. The normalized spacial score (nSPS) is 19.2. The van der Waals surface area contributed by atoms with E-state index in [4.69, 9.17) is 5.73 Å². The summed E-state index contributed by atoms with van der Waals surface area (Å²) < 4.78 is 26.4. The van der Waals surface area contributed by atoms with Gasteiger partial charge in [-0.25, -0.2) is 8.42 Å². The molecule has 0 spiro atoms. The molecule has 1 fully saturated rings. The Hall–Kier alpha value is -0.910. The Labute approximate surface area is 115 Å². The van der Waals surface area contributed by atoms with Crippen LogP contribution in [0.25, 0.3) is 0 Å². The van der Waals surface area contributed by atoms with Gasteiger partial charge in [-0.05, 0) is 43.5 Å². The fraction of sp³-hybridized carbons (Fsp3) is 0.571. The fourth-order valence-corrected chi connectivity index (χ4v) is 4.22. The summed E-state index contributed by atoms with van der Waals surface area (Å²) in [5.41, 5.74) is 7.89. The smallest absolute Gasteiger partial charge is 0.243 e. The Kier molecular flexibility index (Phi) is 3.73. The zero-order valence-electron chi connectivity index (χ0n) is 11.8. The van der Waals surface area contributed by atoms with E-state index in [1.165, 1.54) is 4.31 Å². The maximum Gasteiger partial charge on any atom is 0.243 e. The number of rotatable bonds is 4. The van der Waals surface area contributed by atoms with Crippen molar-refractivity contribution < 1.29 is 8.42 Å². The molecule has 19 heavy (non-hydrogen) atoms. The van der Waals surface area contributed by atoms with Crippen LogP contribution in [0.5, 0.6) is 0 Å². The predicted octanol–water partition coefficient (Wildman–Crippen LogP) is 1.81. The van der Waals surface area contributed by atoms with Gasteiger partial charge in [0, 0.05) is 18.6 Å². The average Bonchev–Trinajstić information content (AvgIpc) is 2.29. The summed E-state index contributed by atoms with van der Waals surface area (Å²) in [6.45, 7) is 6.82. The Bertz CT molecular complexity index is 575. The Morgan fingerprint density at radius 1 is 1.26 bits per heavy atom. The lowest BCUT2D eigenvalue weighted by Crippen LogP contribution is -2.68. The number of aryl methyl sites for hydroxylation is 2. The summed E-state index contributed by atoms with van der Waals surface area (Å²) >= 11 is 0. The second-order valence-electron chi connectivity index (χ2n) is 5.63. The van der Waals surface area contributed by atoms with Crippen molar-refractivity contribution in [3.8, 4) is 0 Å². The highest BCUT2D eigenvalue weighted by atomic mass is 32.2. The molecule has 1 aliphatic rings. The summed E-state index contributed by atoms with van der Waals surface area (Å²) in [5, 5.41) is 0. The van der Waals surface area contributed by atoms with Crippen LogP contribution in [-0.4, -0.2) is 31.4 Å². The van der Waals surface area contributed by atoms with Gasteiger partial charge in [-0.3, -0.25) is 0 Å². The zero-order valence-corrected chi connectivity index (χ0v) is 12.6. The molecule has 0 unspecified atom stereocenters. The lowest BCUT2D eigenvalue weighted by Gasteiger charge is -2.46. The van der Waals surface area contributed by atoms with E-state index in [9.17, 15) is 8.42 Å². The summed E-state index contributed by atoms with van der Waals surface area (Å²) in [6.07, 6.45) is 1.85. The maximum atomic E-state index is 12.4. The minimum Gasteiger partial charge on any atom is -0.323 e. The third-order valence-electron chi connectivity index (χ3n) is 3.85. The van der Waals surface area contributed by atoms with Gasteiger partial charge in [0.2, 0.25) is 10.0 Å². The number of sulfonamides is 1. The van der Waals surface area contributed by atoms with Gasteiger partial charge < -0.3 is 5.73 Å². The van der Waals surface area contributed by atoms with E-state index < -0.39 is 10.0 Å². The number of hydrogen-bond acceptors (Lipinski definition) is 3. The Morgan fingerprint density at radius 3 is 2.42 bits per heavy atom. The first-order valence-corrected chi connectivity index (χ1v) is 8.09. The van der Waals surface area contributed by atoms with E-state index in [0.29, 0.717) is 18.0 Å². The second kappa shape index (κ2) is 4.89. The SMILES string of the molecule is CCCC1(N)CN(S(=O)(=O)c2ccc(C)c(C)c2)C1. The first-order chi connectivity index (χ1) is 8.78. The molecule has 4 nitrogen and oxygen atoms in total. The van der Waals surface area contributed by atoms with Gasteiger partial charge in [-0.1, -0.05) is 19.4 Å². The number of hydrogen-bond donors (Lipinski definition) is 1. The monoisotopic (exact) mass is 282 g/mol. The highest BCUT2D eigenvalue weighted by Crippen LogP contribution is 2.30. The molecule has 0 aromatic heterocycles. The summed E-state index contributed by atoms with van der Waals surface area (Å²) in [5.74, 6) is 0. The van der Waals surface area contributed by atoms with Crippen molar-refractivity contribution in [2.75, 3.05) is 13.1 Å². The van der Waals surface area contributed by atoms with Gasteiger partial charge in [0.05, 0.1) is 4.90 Å². The van der Waals surface area contributed by atoms with Crippen LogP contribution < -0.4 is 5.73 Å². The molecule has 0 atom stereocenters. The van der Waals surface area contributed by atoms with Gasteiger partial charge in [0.1, 0.15) is 0 Å². The molecule has 1 saturated heterocycles. The molecule has 1 heterocycles.